The number of hydrogen-bond acceptors (Lipinski definition) is 11. The Bertz CT molecular complexity index is 1080. The van der Waals surface area contributed by atoms with Crippen LogP contribution in [-0.2, 0) is 47.7 Å². The Labute approximate surface area is 200 Å². The topological polar surface area (TPSA) is 152 Å². The molecule has 1 spiro atoms. The lowest BCUT2D eigenvalue weighted by Crippen LogP contribution is -2.69. The van der Waals surface area contributed by atoms with Crippen LogP contribution in [0.5, 0.6) is 0 Å². The monoisotopic (exact) mass is 490 g/mol. The molecule has 1 N–H and O–H groups in total. The zero-order chi connectivity index (χ0) is 25.3. The average Bonchev–Trinajstić information content (AvgIpc) is 3.27. The van der Waals surface area contributed by atoms with Crippen LogP contribution in [0.3, 0.4) is 0 Å². The summed E-state index contributed by atoms with van der Waals surface area (Å²) in [5.41, 5.74) is -2.22. The highest BCUT2D eigenvalue weighted by Crippen LogP contribution is 2.66. The van der Waals surface area contributed by atoms with Crippen molar-refractivity contribution in [3.05, 3.63) is 23.8 Å². The molecule has 35 heavy (non-hydrogen) atoms. The minimum Gasteiger partial charge on any atom is -0.465 e. The number of hydrogen-bond donors (Lipinski definition) is 1. The van der Waals surface area contributed by atoms with Gasteiger partial charge in [0.2, 0.25) is 6.29 Å². The third-order valence-corrected chi connectivity index (χ3v) is 8.22. The van der Waals surface area contributed by atoms with Gasteiger partial charge in [-0.1, -0.05) is 13.0 Å². The van der Waals surface area contributed by atoms with Crippen LogP contribution in [0.25, 0.3) is 0 Å². The van der Waals surface area contributed by atoms with Crippen LogP contribution in [0.2, 0.25) is 0 Å². The molecule has 0 unspecified atom stereocenters. The molecule has 5 rings (SSSR count). The summed E-state index contributed by atoms with van der Waals surface area (Å²) in [7, 11) is 0. The van der Waals surface area contributed by atoms with Crippen molar-refractivity contribution in [1.82, 2.24) is 0 Å². The van der Waals surface area contributed by atoms with Crippen LogP contribution in [0.1, 0.15) is 33.6 Å². The van der Waals surface area contributed by atoms with Gasteiger partial charge in [-0.15, -0.1) is 0 Å². The molecule has 0 aromatic rings. The molecule has 5 aliphatic rings. The number of ether oxygens (including phenoxy) is 5. The molecule has 2 saturated heterocycles. The number of fused-ring (bicyclic) bond motifs is 2. The van der Waals surface area contributed by atoms with Crippen molar-refractivity contribution in [2.45, 2.75) is 58.2 Å². The summed E-state index contributed by atoms with van der Waals surface area (Å²) >= 11 is 0. The highest BCUT2D eigenvalue weighted by atomic mass is 16.6. The molecule has 11 heteroatoms. The Balaban J connectivity index is 1.70. The second-order valence-corrected chi connectivity index (χ2v) is 10.0. The summed E-state index contributed by atoms with van der Waals surface area (Å²) in [5.74, 6) is -5.31. The van der Waals surface area contributed by atoms with Gasteiger partial charge in [-0.2, -0.15) is 0 Å². The Kier molecular flexibility index (Phi) is 5.31. The lowest BCUT2D eigenvalue weighted by molar-refractivity contribution is -0.245. The molecule has 0 radical (unpaired) electrons. The van der Waals surface area contributed by atoms with Gasteiger partial charge in [0.1, 0.15) is 12.2 Å². The van der Waals surface area contributed by atoms with Gasteiger partial charge in [-0.3, -0.25) is 19.2 Å². The van der Waals surface area contributed by atoms with Crippen molar-refractivity contribution in [2.24, 2.45) is 28.6 Å². The van der Waals surface area contributed by atoms with E-state index in [-0.39, 0.29) is 12.2 Å². The lowest BCUT2D eigenvalue weighted by Gasteiger charge is -2.62. The van der Waals surface area contributed by atoms with Crippen LogP contribution in [0.4, 0.5) is 0 Å². The summed E-state index contributed by atoms with van der Waals surface area (Å²) in [4.78, 5) is 62.8. The van der Waals surface area contributed by atoms with Crippen molar-refractivity contribution in [1.29, 1.82) is 0 Å². The third kappa shape index (κ3) is 3.31. The third-order valence-electron chi connectivity index (χ3n) is 8.22. The number of carbonyl (C=O) groups excluding carboxylic acids is 5. The molecule has 188 valence electrons. The van der Waals surface area contributed by atoms with E-state index in [4.69, 9.17) is 23.7 Å². The van der Waals surface area contributed by atoms with Crippen molar-refractivity contribution < 1.29 is 52.8 Å². The molecule has 2 aliphatic carbocycles. The molecule has 3 aliphatic heterocycles. The minimum atomic E-state index is -1.53. The number of aliphatic hydroxyl groups is 1. The normalized spacial score (nSPS) is 43.6. The van der Waals surface area contributed by atoms with Gasteiger partial charge in [0.05, 0.1) is 24.0 Å². The van der Waals surface area contributed by atoms with Crippen molar-refractivity contribution in [2.75, 3.05) is 6.61 Å². The summed E-state index contributed by atoms with van der Waals surface area (Å²) in [5, 5.41) is 9.82. The quantitative estimate of drug-likeness (QED) is 0.331. The fourth-order valence-corrected chi connectivity index (χ4v) is 7.01. The van der Waals surface area contributed by atoms with E-state index >= 15 is 0 Å². The number of cyclic esters (lactones) is 3. The predicted molar refractivity (Wildman–Crippen MR) is 112 cm³/mol. The first kappa shape index (κ1) is 23.5. The van der Waals surface area contributed by atoms with Gasteiger partial charge in [0, 0.05) is 30.6 Å². The highest BCUT2D eigenvalue weighted by Gasteiger charge is 2.73. The SMILES string of the molecule is CC(=O)O[C@@H]1C=C[C@H]2C(=O)OC[C@]23CC[C@@H]2C(=O)O[C@@H](C4=C[C@@H](O)OC4=O)[C@H](OC(C)=O)[C@]2(C)[C@@H]13. The van der Waals surface area contributed by atoms with E-state index in [1.165, 1.54) is 13.8 Å². The summed E-state index contributed by atoms with van der Waals surface area (Å²) in [6.07, 6.45) is 0.150. The second kappa shape index (κ2) is 7.91. The first-order valence-electron chi connectivity index (χ1n) is 11.5. The van der Waals surface area contributed by atoms with Gasteiger partial charge in [0.15, 0.2) is 6.10 Å². The molecule has 11 nitrogen and oxygen atoms in total. The van der Waals surface area contributed by atoms with Gasteiger partial charge in [-0.05, 0) is 25.0 Å². The van der Waals surface area contributed by atoms with E-state index in [1.807, 2.05) is 0 Å². The molecule has 0 amide bonds. The van der Waals surface area contributed by atoms with Crippen LogP contribution in [-0.4, -0.2) is 66.2 Å². The first-order chi connectivity index (χ1) is 16.5. The standard InChI is InChI=1S/C24H26O11/c1-10(25)32-15-5-4-14-21(29)31-9-24(14)7-6-13-22(30)35-17(12-8-16(27)34-20(12)28)19(33-11(2)26)23(13,3)18(15)24/h4-5,8,13-19,27H,6-7,9H2,1-3H3/t13-,14+,15-,16+,17+,18-,19+,23+,24-/m1/s1. The molecular formula is C24H26O11. The minimum absolute atomic E-state index is 0.0432. The van der Waals surface area contributed by atoms with Crippen molar-refractivity contribution in [3.8, 4) is 0 Å². The first-order valence-corrected chi connectivity index (χ1v) is 11.5. The van der Waals surface area contributed by atoms with E-state index < -0.39 is 83.0 Å². The van der Waals surface area contributed by atoms with E-state index in [0.29, 0.717) is 12.8 Å². The lowest BCUT2D eigenvalue weighted by atomic mass is 9.43. The molecular weight excluding hydrogens is 464 g/mol. The molecule has 3 heterocycles. The molecule has 0 aromatic heterocycles. The molecule has 0 bridgehead atoms. The molecule has 1 saturated carbocycles. The smallest absolute Gasteiger partial charge is 0.340 e. The highest BCUT2D eigenvalue weighted by molar-refractivity contribution is 5.93. The van der Waals surface area contributed by atoms with E-state index in [2.05, 4.69) is 0 Å². The number of aliphatic hydroxyl groups excluding tert-OH is 1. The Hall–Kier alpha value is -3.21. The zero-order valence-corrected chi connectivity index (χ0v) is 19.4. The van der Waals surface area contributed by atoms with Crippen molar-refractivity contribution in [3.63, 3.8) is 0 Å². The van der Waals surface area contributed by atoms with Gasteiger partial charge < -0.3 is 28.8 Å². The molecule has 9 atom stereocenters. The van der Waals surface area contributed by atoms with Gasteiger partial charge >= 0.3 is 29.8 Å². The average molecular weight is 490 g/mol. The Morgan fingerprint density at radius 1 is 1.06 bits per heavy atom. The maximum Gasteiger partial charge on any atom is 0.340 e. The largest absolute Gasteiger partial charge is 0.465 e. The zero-order valence-electron chi connectivity index (χ0n) is 19.4. The van der Waals surface area contributed by atoms with Crippen LogP contribution >= 0.6 is 0 Å². The number of carbonyl (C=O) groups is 5. The predicted octanol–water partition coefficient (Wildman–Crippen LogP) is 0.338. The van der Waals surface area contributed by atoms with E-state index in [1.54, 1.807) is 19.1 Å². The molecule has 0 aromatic carbocycles. The Morgan fingerprint density at radius 3 is 2.40 bits per heavy atom. The van der Waals surface area contributed by atoms with Crippen LogP contribution in [0.15, 0.2) is 23.8 Å². The fourth-order valence-electron chi connectivity index (χ4n) is 7.01. The summed E-state index contributed by atoms with van der Waals surface area (Å²) < 4.78 is 27.3. The fraction of sp³-hybridized carbons (Fsp3) is 0.625. The van der Waals surface area contributed by atoms with Crippen LogP contribution < -0.4 is 0 Å². The van der Waals surface area contributed by atoms with Gasteiger partial charge in [0.25, 0.3) is 0 Å². The maximum atomic E-state index is 13.3. The second-order valence-electron chi connectivity index (χ2n) is 10.0. The maximum absolute atomic E-state index is 13.3. The van der Waals surface area contributed by atoms with Crippen molar-refractivity contribution >= 4 is 29.8 Å². The molecule has 3 fully saturated rings. The van der Waals surface area contributed by atoms with Crippen LogP contribution in [0, 0.1) is 28.6 Å². The van der Waals surface area contributed by atoms with E-state index in [9.17, 15) is 29.1 Å². The summed E-state index contributed by atoms with van der Waals surface area (Å²) in [6, 6.07) is 0. The Morgan fingerprint density at radius 2 is 1.77 bits per heavy atom. The van der Waals surface area contributed by atoms with E-state index in [0.717, 1.165) is 6.08 Å². The number of rotatable bonds is 3. The number of esters is 5. The summed E-state index contributed by atoms with van der Waals surface area (Å²) in [6.45, 7) is 4.22. The van der Waals surface area contributed by atoms with Gasteiger partial charge in [-0.25, -0.2) is 4.79 Å².